The van der Waals surface area contributed by atoms with Crippen molar-refractivity contribution in [3.05, 3.63) is 12.2 Å². The summed E-state index contributed by atoms with van der Waals surface area (Å²) in [6.45, 7) is 6.73. The number of hydrogen-bond donors (Lipinski definition) is 0. The van der Waals surface area contributed by atoms with E-state index < -0.39 is 5.38 Å². The quantitative estimate of drug-likeness (QED) is 0.491. The Balaban J connectivity index is 0. The van der Waals surface area contributed by atoms with Gasteiger partial charge in [0.15, 0.2) is 5.78 Å². The largest absolute Gasteiger partial charge is 0.312 e. The van der Waals surface area contributed by atoms with Gasteiger partial charge in [-0.05, 0) is 40.6 Å². The molecular weight excluding hydrogens is 174 g/mol. The van der Waals surface area contributed by atoms with Crippen LogP contribution >= 0.6 is 11.6 Å². The van der Waals surface area contributed by atoms with Gasteiger partial charge in [-0.2, -0.15) is 0 Å². The number of hydrogen-bond acceptors (Lipinski definition) is 2. The summed E-state index contributed by atoms with van der Waals surface area (Å²) in [5, 5.41) is -0.424. The van der Waals surface area contributed by atoms with Crippen LogP contribution in [-0.2, 0) is 4.79 Å². The summed E-state index contributed by atoms with van der Waals surface area (Å²) >= 11 is 5.41. The van der Waals surface area contributed by atoms with Crippen LogP contribution in [0.3, 0.4) is 0 Å². The molecule has 0 aromatic heterocycles. The standard InChI is InChI=1S/C6H9ClO.C3H9N/c1-4(2)6(8)5(3)7;1-4(2)3/h5H,1H2,2-3H3;1-3H3. The molecule has 0 bridgehead atoms. The fourth-order valence-corrected chi connectivity index (χ4v) is 0.526. The highest BCUT2D eigenvalue weighted by molar-refractivity contribution is 6.33. The molecule has 0 radical (unpaired) electrons. The second kappa shape index (κ2) is 7.32. The molecular formula is C9H18ClNO. The lowest BCUT2D eigenvalue weighted by Gasteiger charge is -1.97. The zero-order valence-electron chi connectivity index (χ0n) is 8.52. The smallest absolute Gasteiger partial charge is 0.175 e. The Hall–Kier alpha value is -0.340. The molecule has 1 unspecified atom stereocenters. The molecule has 0 heterocycles. The molecule has 12 heavy (non-hydrogen) atoms. The summed E-state index contributed by atoms with van der Waals surface area (Å²) in [6, 6.07) is 0. The summed E-state index contributed by atoms with van der Waals surface area (Å²) in [7, 11) is 6.00. The fourth-order valence-electron chi connectivity index (χ4n) is 0.340. The number of carbonyl (C=O) groups is 1. The van der Waals surface area contributed by atoms with Crippen LogP contribution in [0.1, 0.15) is 13.8 Å². The first-order valence-corrected chi connectivity index (χ1v) is 4.17. The minimum Gasteiger partial charge on any atom is -0.312 e. The highest BCUT2D eigenvalue weighted by Crippen LogP contribution is 2.01. The molecule has 0 saturated heterocycles. The van der Waals surface area contributed by atoms with Gasteiger partial charge in [-0.25, -0.2) is 0 Å². The number of carbonyl (C=O) groups excluding carboxylic acids is 1. The zero-order chi connectivity index (χ0) is 10.3. The van der Waals surface area contributed by atoms with E-state index in [4.69, 9.17) is 11.6 Å². The Morgan fingerprint density at radius 3 is 1.67 bits per heavy atom. The van der Waals surface area contributed by atoms with Gasteiger partial charge in [-0.15, -0.1) is 11.6 Å². The van der Waals surface area contributed by atoms with Crippen LogP contribution in [0.25, 0.3) is 0 Å². The molecule has 0 rings (SSSR count). The summed E-state index contributed by atoms with van der Waals surface area (Å²) in [6.07, 6.45) is 0. The number of halogens is 1. The van der Waals surface area contributed by atoms with Crippen LogP contribution in [0.4, 0.5) is 0 Å². The number of rotatable bonds is 2. The van der Waals surface area contributed by atoms with Crippen molar-refractivity contribution in [2.24, 2.45) is 0 Å². The van der Waals surface area contributed by atoms with Crippen molar-refractivity contribution in [3.8, 4) is 0 Å². The normalized spacial score (nSPS) is 11.6. The van der Waals surface area contributed by atoms with Gasteiger partial charge >= 0.3 is 0 Å². The third kappa shape index (κ3) is 12.3. The van der Waals surface area contributed by atoms with E-state index in [1.165, 1.54) is 0 Å². The molecule has 0 aliphatic rings. The van der Waals surface area contributed by atoms with Crippen molar-refractivity contribution in [3.63, 3.8) is 0 Å². The summed E-state index contributed by atoms with van der Waals surface area (Å²) in [5.74, 6) is -0.0772. The Morgan fingerprint density at radius 1 is 1.42 bits per heavy atom. The maximum absolute atomic E-state index is 10.6. The van der Waals surface area contributed by atoms with E-state index in [1.54, 1.807) is 13.8 Å². The maximum atomic E-state index is 10.6. The SMILES string of the molecule is C=C(C)C(=O)C(C)Cl.CN(C)C. The molecule has 0 aromatic carbocycles. The molecule has 0 aromatic rings. The average Bonchev–Trinajstić information content (AvgIpc) is 1.84. The minimum absolute atomic E-state index is 0.0772. The first-order valence-electron chi connectivity index (χ1n) is 3.73. The van der Waals surface area contributed by atoms with Crippen molar-refractivity contribution >= 4 is 17.4 Å². The van der Waals surface area contributed by atoms with Gasteiger partial charge in [0.2, 0.25) is 0 Å². The van der Waals surface area contributed by atoms with Crippen LogP contribution < -0.4 is 0 Å². The van der Waals surface area contributed by atoms with E-state index in [0.717, 1.165) is 0 Å². The van der Waals surface area contributed by atoms with E-state index in [-0.39, 0.29) is 5.78 Å². The van der Waals surface area contributed by atoms with E-state index in [0.29, 0.717) is 5.57 Å². The maximum Gasteiger partial charge on any atom is 0.175 e. The molecule has 1 atom stereocenters. The van der Waals surface area contributed by atoms with Crippen LogP contribution in [-0.4, -0.2) is 37.2 Å². The van der Waals surface area contributed by atoms with E-state index in [1.807, 2.05) is 26.0 Å². The topological polar surface area (TPSA) is 20.3 Å². The van der Waals surface area contributed by atoms with Gasteiger partial charge in [-0.1, -0.05) is 6.58 Å². The molecule has 3 heteroatoms. The van der Waals surface area contributed by atoms with Crippen LogP contribution in [0.15, 0.2) is 12.2 Å². The highest BCUT2D eigenvalue weighted by Gasteiger charge is 2.07. The fraction of sp³-hybridized carbons (Fsp3) is 0.667. The molecule has 0 N–H and O–H groups in total. The molecule has 0 fully saturated rings. The van der Waals surface area contributed by atoms with Gasteiger partial charge in [-0.3, -0.25) is 4.79 Å². The number of Topliss-reactive ketones (excluding diaryl/α,β-unsaturated/α-hetero) is 1. The van der Waals surface area contributed by atoms with Gasteiger partial charge in [0, 0.05) is 0 Å². The van der Waals surface area contributed by atoms with E-state index >= 15 is 0 Å². The molecule has 2 nitrogen and oxygen atoms in total. The Bertz CT molecular complexity index is 150. The predicted octanol–water partition coefficient (Wildman–Crippen LogP) is 1.94. The number of allylic oxidation sites excluding steroid dienone is 1. The molecule has 0 aliphatic carbocycles. The summed E-state index contributed by atoms with van der Waals surface area (Å²) < 4.78 is 0. The second-order valence-electron chi connectivity index (χ2n) is 3.10. The van der Waals surface area contributed by atoms with Crippen molar-refractivity contribution in [1.29, 1.82) is 0 Å². The summed E-state index contributed by atoms with van der Waals surface area (Å²) in [5.41, 5.74) is 0.521. The van der Waals surface area contributed by atoms with Crippen LogP contribution in [0.5, 0.6) is 0 Å². The number of nitrogens with zero attached hydrogens (tertiary/aromatic N) is 1. The zero-order valence-corrected chi connectivity index (χ0v) is 9.27. The molecule has 0 amide bonds. The first-order chi connectivity index (χ1) is 5.29. The number of ketones is 1. The van der Waals surface area contributed by atoms with Gasteiger partial charge in [0.25, 0.3) is 0 Å². The molecule has 0 spiro atoms. The van der Waals surface area contributed by atoms with Gasteiger partial charge in [0.05, 0.1) is 5.38 Å². The Labute approximate surface area is 80.2 Å². The van der Waals surface area contributed by atoms with Crippen molar-refractivity contribution < 1.29 is 4.79 Å². The Kier molecular flexibility index (Phi) is 8.66. The second-order valence-corrected chi connectivity index (χ2v) is 3.76. The lowest BCUT2D eigenvalue weighted by molar-refractivity contribution is -0.114. The minimum atomic E-state index is -0.424. The van der Waals surface area contributed by atoms with E-state index in [2.05, 4.69) is 6.58 Å². The highest BCUT2D eigenvalue weighted by atomic mass is 35.5. The lowest BCUT2D eigenvalue weighted by atomic mass is 10.2. The summed E-state index contributed by atoms with van der Waals surface area (Å²) in [4.78, 5) is 12.6. The molecule has 0 saturated carbocycles. The first kappa shape index (κ1) is 14.2. The molecule has 0 aliphatic heterocycles. The van der Waals surface area contributed by atoms with E-state index in [9.17, 15) is 4.79 Å². The molecule has 72 valence electrons. The van der Waals surface area contributed by atoms with Crippen molar-refractivity contribution in [2.45, 2.75) is 19.2 Å². The monoisotopic (exact) mass is 191 g/mol. The van der Waals surface area contributed by atoms with Crippen molar-refractivity contribution in [2.75, 3.05) is 21.1 Å². The van der Waals surface area contributed by atoms with Crippen molar-refractivity contribution in [1.82, 2.24) is 4.90 Å². The third-order valence-corrected chi connectivity index (χ3v) is 0.980. The Morgan fingerprint density at radius 2 is 1.67 bits per heavy atom. The lowest BCUT2D eigenvalue weighted by Crippen LogP contribution is -2.09. The third-order valence-electron chi connectivity index (χ3n) is 0.782. The van der Waals surface area contributed by atoms with Gasteiger partial charge in [0.1, 0.15) is 0 Å². The number of alkyl halides is 1. The van der Waals surface area contributed by atoms with Gasteiger partial charge < -0.3 is 4.90 Å². The predicted molar refractivity (Wildman–Crippen MR) is 54.7 cm³/mol. The van der Waals surface area contributed by atoms with Crippen LogP contribution in [0, 0.1) is 0 Å². The average molecular weight is 192 g/mol. The van der Waals surface area contributed by atoms with Crippen LogP contribution in [0.2, 0.25) is 0 Å².